The molecular weight excluding hydrogens is 204 g/mol. The van der Waals surface area contributed by atoms with E-state index >= 15 is 0 Å². The standard InChI is InChI=1S/C10H13F2NO2/c1-7(14)6-13-8-4-2-3-5-9(8)15-10(11)12/h2-5,7,10,13-14H,6H2,1H3. The van der Waals surface area contributed by atoms with Gasteiger partial charge >= 0.3 is 6.61 Å². The molecule has 1 atom stereocenters. The summed E-state index contributed by atoms with van der Waals surface area (Å²) >= 11 is 0. The van der Waals surface area contributed by atoms with E-state index in [4.69, 9.17) is 5.11 Å². The van der Waals surface area contributed by atoms with E-state index in [1.165, 1.54) is 6.07 Å². The van der Waals surface area contributed by atoms with Crippen molar-refractivity contribution in [2.45, 2.75) is 19.6 Å². The van der Waals surface area contributed by atoms with Gasteiger partial charge in [0.1, 0.15) is 5.75 Å². The highest BCUT2D eigenvalue weighted by atomic mass is 19.3. The molecule has 0 fully saturated rings. The smallest absolute Gasteiger partial charge is 0.387 e. The quantitative estimate of drug-likeness (QED) is 0.793. The molecule has 0 aromatic heterocycles. The number of nitrogens with one attached hydrogen (secondary N) is 1. The third-order valence-corrected chi connectivity index (χ3v) is 1.69. The molecule has 0 radical (unpaired) electrons. The summed E-state index contributed by atoms with van der Waals surface area (Å²) in [4.78, 5) is 0. The second-order valence-electron chi connectivity index (χ2n) is 3.10. The lowest BCUT2D eigenvalue weighted by atomic mass is 10.3. The first kappa shape index (κ1) is 11.7. The molecule has 2 N–H and O–H groups in total. The number of anilines is 1. The molecule has 84 valence electrons. The van der Waals surface area contributed by atoms with Crippen molar-refractivity contribution in [2.24, 2.45) is 0 Å². The summed E-state index contributed by atoms with van der Waals surface area (Å²) in [5.74, 6) is 0.0770. The topological polar surface area (TPSA) is 41.5 Å². The van der Waals surface area contributed by atoms with Gasteiger partial charge in [0.15, 0.2) is 0 Å². The Labute approximate surface area is 86.7 Å². The van der Waals surface area contributed by atoms with Gasteiger partial charge in [0.05, 0.1) is 11.8 Å². The van der Waals surface area contributed by atoms with Crippen LogP contribution in [0.5, 0.6) is 5.75 Å². The molecule has 0 aliphatic carbocycles. The van der Waals surface area contributed by atoms with Crippen molar-refractivity contribution in [3.8, 4) is 5.75 Å². The number of hydrogen-bond donors (Lipinski definition) is 2. The summed E-state index contributed by atoms with van der Waals surface area (Å²) < 4.78 is 28.3. The maximum atomic E-state index is 12.0. The molecule has 1 aromatic carbocycles. The van der Waals surface area contributed by atoms with Gasteiger partial charge in [-0.25, -0.2) is 0 Å². The molecule has 3 nitrogen and oxygen atoms in total. The van der Waals surface area contributed by atoms with Crippen molar-refractivity contribution in [1.29, 1.82) is 0 Å². The Morgan fingerprint density at radius 2 is 2.07 bits per heavy atom. The Morgan fingerprint density at radius 3 is 2.67 bits per heavy atom. The van der Waals surface area contributed by atoms with Crippen LogP contribution in [0.15, 0.2) is 24.3 Å². The molecule has 1 rings (SSSR count). The van der Waals surface area contributed by atoms with Crippen molar-refractivity contribution in [1.82, 2.24) is 0 Å². The number of alkyl halides is 2. The van der Waals surface area contributed by atoms with Gasteiger partial charge in [-0.05, 0) is 19.1 Å². The van der Waals surface area contributed by atoms with Gasteiger partial charge in [0.2, 0.25) is 0 Å². The van der Waals surface area contributed by atoms with Crippen molar-refractivity contribution in [2.75, 3.05) is 11.9 Å². The fourth-order valence-corrected chi connectivity index (χ4v) is 1.07. The third-order valence-electron chi connectivity index (χ3n) is 1.69. The molecule has 0 bridgehead atoms. The van der Waals surface area contributed by atoms with Gasteiger partial charge in [-0.15, -0.1) is 0 Å². The third kappa shape index (κ3) is 4.12. The van der Waals surface area contributed by atoms with Crippen LogP contribution in [0, 0.1) is 0 Å². The van der Waals surface area contributed by atoms with Gasteiger partial charge < -0.3 is 15.2 Å². The van der Waals surface area contributed by atoms with Crippen molar-refractivity contribution in [3.63, 3.8) is 0 Å². The summed E-state index contributed by atoms with van der Waals surface area (Å²) in [6.07, 6.45) is -0.551. The molecule has 0 saturated carbocycles. The summed E-state index contributed by atoms with van der Waals surface area (Å²) in [6.45, 7) is -0.966. The number of hydrogen-bond acceptors (Lipinski definition) is 3. The Balaban J connectivity index is 2.68. The molecule has 0 spiro atoms. The second kappa shape index (κ2) is 5.50. The average molecular weight is 217 g/mol. The Kier molecular flexibility index (Phi) is 4.30. The largest absolute Gasteiger partial charge is 0.433 e. The monoisotopic (exact) mass is 217 g/mol. The van der Waals surface area contributed by atoms with Crippen LogP contribution >= 0.6 is 0 Å². The number of aliphatic hydroxyl groups excluding tert-OH is 1. The van der Waals surface area contributed by atoms with Crippen LogP contribution in [0.4, 0.5) is 14.5 Å². The first-order valence-corrected chi connectivity index (χ1v) is 4.55. The van der Waals surface area contributed by atoms with Crippen LogP contribution in [0.1, 0.15) is 6.92 Å². The van der Waals surface area contributed by atoms with E-state index in [2.05, 4.69) is 10.1 Å². The van der Waals surface area contributed by atoms with Crippen LogP contribution in [-0.2, 0) is 0 Å². The second-order valence-corrected chi connectivity index (χ2v) is 3.10. The van der Waals surface area contributed by atoms with Gasteiger partial charge in [-0.2, -0.15) is 8.78 Å². The predicted molar refractivity (Wildman–Crippen MR) is 53.2 cm³/mol. The maximum absolute atomic E-state index is 12.0. The highest BCUT2D eigenvalue weighted by Crippen LogP contribution is 2.25. The first-order valence-electron chi connectivity index (χ1n) is 4.55. The van der Waals surface area contributed by atoms with Crippen molar-refractivity contribution >= 4 is 5.69 Å². The fourth-order valence-electron chi connectivity index (χ4n) is 1.07. The van der Waals surface area contributed by atoms with Gasteiger partial charge in [0.25, 0.3) is 0 Å². The Hall–Kier alpha value is -1.36. The lowest BCUT2D eigenvalue weighted by Gasteiger charge is -2.13. The van der Waals surface area contributed by atoms with E-state index in [9.17, 15) is 8.78 Å². The van der Waals surface area contributed by atoms with Crippen LogP contribution in [-0.4, -0.2) is 24.4 Å². The summed E-state index contributed by atoms with van der Waals surface area (Å²) in [5, 5.41) is 11.8. The average Bonchev–Trinajstić information content (AvgIpc) is 2.15. The SMILES string of the molecule is CC(O)CNc1ccccc1OC(F)F. The normalized spacial score (nSPS) is 12.6. The van der Waals surface area contributed by atoms with Crippen molar-refractivity contribution in [3.05, 3.63) is 24.3 Å². The maximum Gasteiger partial charge on any atom is 0.387 e. The van der Waals surface area contributed by atoms with E-state index in [1.807, 2.05) is 0 Å². The molecule has 0 aliphatic rings. The highest BCUT2D eigenvalue weighted by Gasteiger charge is 2.08. The van der Waals surface area contributed by atoms with E-state index in [0.717, 1.165) is 0 Å². The van der Waals surface area contributed by atoms with E-state index in [1.54, 1.807) is 25.1 Å². The minimum Gasteiger partial charge on any atom is -0.433 e. The Morgan fingerprint density at radius 1 is 1.40 bits per heavy atom. The molecular formula is C10H13F2NO2. The summed E-state index contributed by atoms with van der Waals surface area (Å²) in [6, 6.07) is 6.35. The number of benzene rings is 1. The lowest BCUT2D eigenvalue weighted by Crippen LogP contribution is -2.16. The minimum atomic E-state index is -2.85. The number of rotatable bonds is 5. The zero-order valence-electron chi connectivity index (χ0n) is 8.28. The predicted octanol–water partition coefficient (Wildman–Crippen LogP) is 2.08. The minimum absolute atomic E-state index is 0.0770. The van der Waals surface area contributed by atoms with Crippen LogP contribution in [0.3, 0.4) is 0 Å². The zero-order chi connectivity index (χ0) is 11.3. The highest BCUT2D eigenvalue weighted by molar-refractivity contribution is 5.56. The number of halogens is 2. The first-order chi connectivity index (χ1) is 7.09. The number of aliphatic hydroxyl groups is 1. The molecule has 1 aromatic rings. The number of ether oxygens (including phenoxy) is 1. The lowest BCUT2D eigenvalue weighted by molar-refractivity contribution is -0.0493. The summed E-state index contributed by atoms with van der Waals surface area (Å²) in [5.41, 5.74) is 0.443. The summed E-state index contributed by atoms with van der Waals surface area (Å²) in [7, 11) is 0. The fraction of sp³-hybridized carbons (Fsp3) is 0.400. The molecule has 0 saturated heterocycles. The van der Waals surface area contributed by atoms with Gasteiger partial charge in [0, 0.05) is 6.54 Å². The van der Waals surface area contributed by atoms with Gasteiger partial charge in [-0.1, -0.05) is 12.1 Å². The molecule has 5 heteroatoms. The van der Waals surface area contributed by atoms with Crippen LogP contribution in [0.2, 0.25) is 0 Å². The van der Waals surface area contributed by atoms with E-state index in [-0.39, 0.29) is 12.3 Å². The molecule has 0 aliphatic heterocycles. The van der Waals surface area contributed by atoms with E-state index in [0.29, 0.717) is 5.69 Å². The molecule has 0 heterocycles. The molecule has 15 heavy (non-hydrogen) atoms. The molecule has 1 unspecified atom stereocenters. The van der Waals surface area contributed by atoms with Gasteiger partial charge in [-0.3, -0.25) is 0 Å². The molecule has 0 amide bonds. The van der Waals surface area contributed by atoms with E-state index < -0.39 is 12.7 Å². The van der Waals surface area contributed by atoms with Crippen molar-refractivity contribution < 1.29 is 18.6 Å². The zero-order valence-corrected chi connectivity index (χ0v) is 8.28. The van der Waals surface area contributed by atoms with Crippen LogP contribution in [0.25, 0.3) is 0 Å². The Bertz CT molecular complexity index is 305. The number of para-hydroxylation sites is 2. The van der Waals surface area contributed by atoms with Crippen LogP contribution < -0.4 is 10.1 Å².